The van der Waals surface area contributed by atoms with Gasteiger partial charge < -0.3 is 36.0 Å². The second kappa shape index (κ2) is 10.1. The molecule has 1 fully saturated rings. The van der Waals surface area contributed by atoms with Gasteiger partial charge in [0.25, 0.3) is 5.91 Å². The van der Waals surface area contributed by atoms with Crippen LogP contribution in [0.25, 0.3) is 0 Å². The zero-order chi connectivity index (χ0) is 30.1. The standard InChI is InChI=1S/C30H40N4O7/c1-32(2)23-16(13-34(5)12-14-7-6-8-14)11-19(35)21-17(23)9-15-10-18-24(33(3)4)26(37)22(29(31)40)28(39)30(18,41)27(38)20(15)25(21)36/h11,14-15,18,24,35,37-38,41H,6-10,12-13H2,1-5H3,(H2,31,40)/t15-,18-,24-,30-/m0/s1. The van der Waals surface area contributed by atoms with Gasteiger partial charge in [-0.2, -0.15) is 0 Å². The van der Waals surface area contributed by atoms with Crippen LogP contribution in [-0.2, 0) is 22.6 Å². The number of aliphatic hydroxyl groups is 3. The maximum atomic E-state index is 14.0. The third-order valence-electron chi connectivity index (χ3n) is 9.46. The van der Waals surface area contributed by atoms with Crippen molar-refractivity contribution in [1.82, 2.24) is 9.80 Å². The van der Waals surface area contributed by atoms with Crippen LogP contribution >= 0.6 is 0 Å². The lowest BCUT2D eigenvalue weighted by Crippen LogP contribution is -2.63. The summed E-state index contributed by atoms with van der Waals surface area (Å²) in [5.74, 6) is -5.82. The summed E-state index contributed by atoms with van der Waals surface area (Å²) in [5.41, 5.74) is 4.14. The average Bonchev–Trinajstić information content (AvgIpc) is 2.83. The van der Waals surface area contributed by atoms with Crippen LogP contribution in [0.3, 0.4) is 0 Å². The Kier molecular flexibility index (Phi) is 7.20. The van der Waals surface area contributed by atoms with Crippen molar-refractivity contribution >= 4 is 23.2 Å². The van der Waals surface area contributed by atoms with Crippen LogP contribution in [0, 0.1) is 17.8 Å². The molecule has 4 aliphatic carbocycles. The van der Waals surface area contributed by atoms with Gasteiger partial charge in [-0.15, -0.1) is 0 Å². The van der Waals surface area contributed by atoms with E-state index >= 15 is 0 Å². The number of phenolic OH excluding ortho intramolecular Hbond substituents is 1. The fourth-order valence-corrected chi connectivity index (χ4v) is 7.52. The molecular weight excluding hydrogens is 528 g/mol. The van der Waals surface area contributed by atoms with E-state index in [1.54, 1.807) is 25.1 Å². The SMILES string of the molecule is CN(Cc1cc(O)c2c(c1N(C)C)C[C@H]1C[C@H]3[C@H](N(C)C)C(O)=C(C(N)=O)C(=O)[C@@]3(O)C(O)=C1C2=O)CC1CCC1. The third-order valence-corrected chi connectivity index (χ3v) is 9.46. The number of allylic oxidation sites excluding steroid dienone is 1. The number of primary amides is 1. The molecule has 0 bridgehead atoms. The fourth-order valence-electron chi connectivity index (χ4n) is 7.52. The van der Waals surface area contributed by atoms with Gasteiger partial charge in [-0.05, 0) is 75.9 Å². The fraction of sp³-hybridized carbons (Fsp3) is 0.567. The van der Waals surface area contributed by atoms with Crippen molar-refractivity contribution in [2.45, 2.75) is 50.3 Å². The van der Waals surface area contributed by atoms with E-state index in [0.29, 0.717) is 18.0 Å². The van der Waals surface area contributed by atoms with Crippen molar-refractivity contribution < 1.29 is 34.8 Å². The van der Waals surface area contributed by atoms with Gasteiger partial charge in [0.1, 0.15) is 22.8 Å². The van der Waals surface area contributed by atoms with Gasteiger partial charge in [-0.25, -0.2) is 0 Å². The summed E-state index contributed by atoms with van der Waals surface area (Å²) >= 11 is 0. The molecule has 11 heteroatoms. The molecule has 1 aromatic carbocycles. The van der Waals surface area contributed by atoms with Gasteiger partial charge in [0.2, 0.25) is 5.78 Å². The molecule has 0 aromatic heterocycles. The van der Waals surface area contributed by atoms with Crippen molar-refractivity contribution in [1.29, 1.82) is 0 Å². The second-order valence-electron chi connectivity index (χ2n) is 12.6. The predicted molar refractivity (Wildman–Crippen MR) is 152 cm³/mol. The second-order valence-corrected chi connectivity index (χ2v) is 12.6. The molecular formula is C30H40N4O7. The number of phenols is 1. The molecule has 5 rings (SSSR count). The molecule has 41 heavy (non-hydrogen) atoms. The summed E-state index contributed by atoms with van der Waals surface area (Å²) in [4.78, 5) is 45.3. The first kappa shape index (κ1) is 29.1. The molecule has 0 heterocycles. The number of benzene rings is 1. The molecule has 11 nitrogen and oxygen atoms in total. The predicted octanol–water partition coefficient (Wildman–Crippen LogP) is 1.42. The number of rotatable bonds is 7. The molecule has 4 atom stereocenters. The van der Waals surface area contributed by atoms with Gasteiger partial charge in [0.05, 0.1) is 11.6 Å². The van der Waals surface area contributed by atoms with Crippen LogP contribution in [0.2, 0.25) is 0 Å². The highest BCUT2D eigenvalue weighted by atomic mass is 16.3. The van der Waals surface area contributed by atoms with Gasteiger partial charge in [0, 0.05) is 44.4 Å². The van der Waals surface area contributed by atoms with Crippen LogP contribution in [0.4, 0.5) is 5.69 Å². The highest BCUT2D eigenvalue weighted by Crippen LogP contribution is 2.53. The summed E-state index contributed by atoms with van der Waals surface area (Å²) in [5, 5.41) is 45.4. The molecule has 1 amide bonds. The Morgan fingerprint density at radius 3 is 2.29 bits per heavy atom. The minimum absolute atomic E-state index is 0.0277. The van der Waals surface area contributed by atoms with Crippen LogP contribution in [-0.4, -0.2) is 101 Å². The number of amides is 1. The van der Waals surface area contributed by atoms with E-state index in [9.17, 15) is 34.8 Å². The van der Waals surface area contributed by atoms with E-state index in [1.807, 2.05) is 26.0 Å². The maximum absolute atomic E-state index is 14.0. The van der Waals surface area contributed by atoms with Gasteiger partial charge in [0.15, 0.2) is 11.4 Å². The monoisotopic (exact) mass is 568 g/mol. The third kappa shape index (κ3) is 4.33. The zero-order valence-corrected chi connectivity index (χ0v) is 24.3. The number of anilines is 1. The van der Waals surface area contributed by atoms with E-state index < -0.39 is 58.0 Å². The molecule has 0 saturated heterocycles. The van der Waals surface area contributed by atoms with Crippen LogP contribution in [0.1, 0.15) is 47.2 Å². The smallest absolute Gasteiger partial charge is 0.255 e. The van der Waals surface area contributed by atoms with Gasteiger partial charge in [-0.3, -0.25) is 19.3 Å². The van der Waals surface area contributed by atoms with Crippen molar-refractivity contribution in [2.75, 3.05) is 46.7 Å². The first-order valence-electron chi connectivity index (χ1n) is 14.1. The molecule has 1 aromatic rings. The summed E-state index contributed by atoms with van der Waals surface area (Å²) < 4.78 is 0. The van der Waals surface area contributed by atoms with E-state index in [1.165, 1.54) is 19.3 Å². The van der Waals surface area contributed by atoms with Gasteiger partial charge in [-0.1, -0.05) is 6.42 Å². The molecule has 4 aliphatic rings. The molecule has 0 radical (unpaired) electrons. The van der Waals surface area contributed by atoms with Crippen LogP contribution in [0.5, 0.6) is 5.75 Å². The highest BCUT2D eigenvalue weighted by Gasteiger charge is 2.63. The first-order chi connectivity index (χ1) is 19.2. The number of carbonyl (C=O) groups is 3. The molecule has 6 N–H and O–H groups in total. The van der Waals surface area contributed by atoms with E-state index in [0.717, 1.165) is 17.8 Å². The number of aliphatic hydroxyl groups excluding tert-OH is 2. The number of nitrogens with zero attached hydrogens (tertiary/aromatic N) is 3. The number of nitrogens with two attached hydrogens (primary N) is 1. The molecule has 0 unspecified atom stereocenters. The van der Waals surface area contributed by atoms with Crippen molar-refractivity contribution in [3.05, 3.63) is 45.4 Å². The van der Waals surface area contributed by atoms with Gasteiger partial charge >= 0.3 is 0 Å². The minimum atomic E-state index is -2.64. The van der Waals surface area contributed by atoms with E-state index in [-0.39, 0.29) is 29.7 Å². The zero-order valence-electron chi connectivity index (χ0n) is 24.3. The number of hydrogen-bond acceptors (Lipinski definition) is 10. The molecule has 1 saturated carbocycles. The topological polar surface area (TPSA) is 168 Å². The largest absolute Gasteiger partial charge is 0.510 e. The summed E-state index contributed by atoms with van der Waals surface area (Å²) in [6.07, 6.45) is 4.00. The van der Waals surface area contributed by atoms with Crippen LogP contribution in [0.15, 0.2) is 28.7 Å². The number of Topliss-reactive ketones (excluding diaryl/α,β-unsaturated/α-hetero) is 2. The number of aromatic hydroxyl groups is 1. The Hall–Kier alpha value is -3.41. The lowest BCUT2D eigenvalue weighted by molar-refractivity contribution is -0.148. The Labute approximate surface area is 239 Å². The molecule has 0 aliphatic heterocycles. The Bertz CT molecular complexity index is 1390. The Morgan fingerprint density at radius 2 is 1.76 bits per heavy atom. The minimum Gasteiger partial charge on any atom is -0.510 e. The number of fused-ring (bicyclic) bond motifs is 3. The average molecular weight is 569 g/mol. The normalized spacial score (nSPS) is 28.0. The number of hydrogen-bond donors (Lipinski definition) is 5. The maximum Gasteiger partial charge on any atom is 0.255 e. The van der Waals surface area contributed by atoms with Crippen molar-refractivity contribution in [3.8, 4) is 5.75 Å². The lowest BCUT2D eigenvalue weighted by Gasteiger charge is -2.50. The molecule has 0 spiro atoms. The number of carbonyl (C=O) groups excluding carboxylic acids is 3. The van der Waals surface area contributed by atoms with Crippen LogP contribution < -0.4 is 10.6 Å². The lowest BCUT2D eigenvalue weighted by atomic mass is 9.58. The Balaban J connectivity index is 1.63. The van der Waals surface area contributed by atoms with Crippen molar-refractivity contribution in [2.24, 2.45) is 23.5 Å². The number of ketones is 2. The summed E-state index contributed by atoms with van der Waals surface area (Å²) in [6, 6.07) is 0.565. The Morgan fingerprint density at radius 1 is 1.10 bits per heavy atom. The van der Waals surface area contributed by atoms with Crippen molar-refractivity contribution in [3.63, 3.8) is 0 Å². The summed E-state index contributed by atoms with van der Waals surface area (Å²) in [6.45, 7) is 1.52. The van der Waals surface area contributed by atoms with E-state index in [2.05, 4.69) is 4.90 Å². The number of likely N-dealkylation sites (N-methyl/N-ethyl adjacent to an activating group) is 1. The quantitative estimate of drug-likeness (QED) is 0.303. The van der Waals surface area contributed by atoms with E-state index in [4.69, 9.17) is 5.73 Å². The first-order valence-corrected chi connectivity index (χ1v) is 14.1. The summed E-state index contributed by atoms with van der Waals surface area (Å²) in [7, 11) is 9.03. The molecule has 222 valence electrons. The highest BCUT2D eigenvalue weighted by molar-refractivity contribution is 6.24.